The van der Waals surface area contributed by atoms with Crippen LogP contribution >= 0.6 is 0 Å². The summed E-state index contributed by atoms with van der Waals surface area (Å²) in [6, 6.07) is 28.0. The molecule has 3 aliphatic rings. The Hall–Kier alpha value is -2.18. The number of hydrogen-bond acceptors (Lipinski definition) is 0. The first-order chi connectivity index (χ1) is 19.9. The van der Waals surface area contributed by atoms with Gasteiger partial charge in [-0.3, -0.25) is 0 Å². The van der Waals surface area contributed by atoms with E-state index < -0.39 is 20.3 Å². The number of fused-ring (bicyclic) bond motifs is 2. The largest absolute Gasteiger partial charge is 1.00 e. The van der Waals surface area contributed by atoms with Gasteiger partial charge in [0.05, 0.1) is 0 Å². The number of aryl methyl sites for hydroxylation is 4. The van der Waals surface area contributed by atoms with Gasteiger partial charge in [-0.2, -0.15) is 0 Å². The number of benzene rings is 4. The summed E-state index contributed by atoms with van der Waals surface area (Å²) in [5, 5.41) is 0. The van der Waals surface area contributed by atoms with Gasteiger partial charge in [0, 0.05) is 0 Å². The van der Waals surface area contributed by atoms with Crippen molar-refractivity contribution in [2.24, 2.45) is 0 Å². The fourth-order valence-electron chi connectivity index (χ4n) is 8.26. The van der Waals surface area contributed by atoms with E-state index in [0.717, 1.165) is 12.8 Å². The summed E-state index contributed by atoms with van der Waals surface area (Å²) in [6.45, 7) is 14.0. The van der Waals surface area contributed by atoms with Crippen LogP contribution in [0.5, 0.6) is 0 Å². The molecule has 0 saturated carbocycles. The van der Waals surface area contributed by atoms with E-state index in [4.69, 9.17) is 0 Å². The molecule has 43 heavy (non-hydrogen) atoms. The van der Waals surface area contributed by atoms with Gasteiger partial charge in [-0.05, 0) is 0 Å². The minimum absolute atomic E-state index is 0. The van der Waals surface area contributed by atoms with Crippen LogP contribution in [-0.2, 0) is 20.3 Å². The van der Waals surface area contributed by atoms with Crippen LogP contribution in [0.1, 0.15) is 78.4 Å². The number of allylic oxidation sites excluding steroid dienone is 2. The second kappa shape index (κ2) is 12.3. The fourth-order valence-corrected chi connectivity index (χ4v) is 26.6. The smallest absolute Gasteiger partial charge is 1.00 e. The molecule has 0 amide bonds. The first kappa shape index (κ1) is 32.2. The molecule has 4 aromatic carbocycles. The summed E-state index contributed by atoms with van der Waals surface area (Å²) in [4.78, 5) is 0. The van der Waals surface area contributed by atoms with E-state index in [1.165, 1.54) is 63.9 Å². The Labute approximate surface area is 275 Å². The molecule has 2 aliphatic carbocycles. The van der Waals surface area contributed by atoms with Crippen molar-refractivity contribution in [2.75, 3.05) is 0 Å². The van der Waals surface area contributed by atoms with E-state index in [0.29, 0.717) is 7.25 Å². The molecule has 2 atom stereocenters. The molecular weight excluding hydrogens is 643 g/mol. The predicted octanol–water partition coefficient (Wildman–Crippen LogP) is 5.66. The van der Waals surface area contributed by atoms with Crippen LogP contribution in [0.25, 0.3) is 34.4 Å². The fraction of sp³-hybridized carbons (Fsp3) is 0.300. The molecular formula is C40H42Cl2Zr. The van der Waals surface area contributed by atoms with Crippen molar-refractivity contribution in [1.82, 2.24) is 0 Å². The third kappa shape index (κ3) is 5.18. The molecule has 1 heterocycles. The molecule has 2 unspecified atom stereocenters. The molecule has 0 N–H and O–H groups in total. The van der Waals surface area contributed by atoms with Crippen molar-refractivity contribution >= 4 is 12.2 Å². The summed E-state index contributed by atoms with van der Waals surface area (Å²) in [6.07, 6.45) is 7.61. The summed E-state index contributed by atoms with van der Waals surface area (Å²) >= 11 is -2.74. The van der Waals surface area contributed by atoms with Crippen LogP contribution in [0, 0.1) is 27.7 Å². The second-order valence-electron chi connectivity index (χ2n) is 13.0. The molecule has 1 fully saturated rings. The van der Waals surface area contributed by atoms with E-state index in [9.17, 15) is 0 Å². The average molecular weight is 685 g/mol. The Morgan fingerprint density at radius 3 is 1.23 bits per heavy atom. The first-order valence-corrected chi connectivity index (χ1v) is 22.0. The Balaban J connectivity index is 0.00000184. The number of halogens is 2. The second-order valence-corrected chi connectivity index (χ2v) is 24.4. The molecule has 1 aliphatic heterocycles. The van der Waals surface area contributed by atoms with Crippen LogP contribution in [0.3, 0.4) is 0 Å². The molecule has 0 spiro atoms. The normalized spacial score (nSPS) is 18.3. The van der Waals surface area contributed by atoms with Gasteiger partial charge < -0.3 is 24.8 Å². The van der Waals surface area contributed by atoms with Crippen molar-refractivity contribution < 1.29 is 45.1 Å². The molecule has 0 aromatic heterocycles. The molecule has 1 saturated heterocycles. The van der Waals surface area contributed by atoms with Crippen LogP contribution in [0.2, 0.25) is 8.26 Å². The maximum atomic E-state index is 2.64. The molecule has 4 aromatic rings. The molecule has 0 radical (unpaired) electrons. The zero-order chi connectivity index (χ0) is 28.5. The van der Waals surface area contributed by atoms with Gasteiger partial charge in [-0.25, -0.2) is 0 Å². The minimum atomic E-state index is -2.74. The minimum Gasteiger partial charge on any atom is -1.00 e. The Morgan fingerprint density at radius 2 is 0.907 bits per heavy atom. The topological polar surface area (TPSA) is 0 Å². The van der Waals surface area contributed by atoms with Gasteiger partial charge in [0.15, 0.2) is 0 Å². The van der Waals surface area contributed by atoms with Crippen molar-refractivity contribution in [3.63, 3.8) is 0 Å². The van der Waals surface area contributed by atoms with Crippen molar-refractivity contribution in [1.29, 1.82) is 0 Å². The average Bonchev–Trinajstić information content (AvgIpc) is 3.50. The summed E-state index contributed by atoms with van der Waals surface area (Å²) in [5.74, 6) is 0. The molecule has 0 nitrogen and oxygen atoms in total. The van der Waals surface area contributed by atoms with Gasteiger partial charge in [-0.1, -0.05) is 0 Å². The first-order valence-electron chi connectivity index (χ1n) is 15.7. The van der Waals surface area contributed by atoms with E-state index in [2.05, 4.69) is 126 Å². The van der Waals surface area contributed by atoms with Crippen LogP contribution in [-0.4, -0.2) is 0 Å². The van der Waals surface area contributed by atoms with Gasteiger partial charge in [0.2, 0.25) is 0 Å². The molecule has 0 bridgehead atoms. The Bertz CT molecular complexity index is 1610. The van der Waals surface area contributed by atoms with Crippen molar-refractivity contribution in [3.8, 4) is 22.3 Å². The van der Waals surface area contributed by atoms with E-state index >= 15 is 0 Å². The van der Waals surface area contributed by atoms with E-state index in [1.807, 2.05) is 0 Å². The zero-order valence-electron chi connectivity index (χ0n) is 26.3. The number of rotatable bonds is 6. The number of hydrogen-bond donors (Lipinski definition) is 0. The van der Waals surface area contributed by atoms with E-state index in [-0.39, 0.29) is 24.8 Å². The Morgan fingerprint density at radius 1 is 0.535 bits per heavy atom. The standard InChI is InChI=1S/2C19H19.C2H4.2ClH.Zr/c2*1-4-15-11-18-14(3)7-10-17(19(18)12-15)16-8-5-13(2)6-9-16;1-2;;;/h2*5-12H,4H2,1-3H3;1-2H2;2*1H;/q;;;;;+2/p-2. The van der Waals surface area contributed by atoms with Gasteiger partial charge in [0.25, 0.3) is 0 Å². The monoisotopic (exact) mass is 682 g/mol. The van der Waals surface area contributed by atoms with E-state index in [1.54, 1.807) is 22.3 Å². The van der Waals surface area contributed by atoms with Crippen molar-refractivity contribution in [2.45, 2.75) is 69.9 Å². The summed E-state index contributed by atoms with van der Waals surface area (Å²) < 4.78 is 4.42. The summed E-state index contributed by atoms with van der Waals surface area (Å²) in [5.41, 5.74) is 21.2. The van der Waals surface area contributed by atoms with Gasteiger partial charge >= 0.3 is 253 Å². The van der Waals surface area contributed by atoms with Gasteiger partial charge in [-0.15, -0.1) is 0 Å². The zero-order valence-corrected chi connectivity index (χ0v) is 30.3. The van der Waals surface area contributed by atoms with Crippen molar-refractivity contribution in [3.05, 3.63) is 128 Å². The van der Waals surface area contributed by atoms with Crippen LogP contribution in [0.15, 0.2) is 83.9 Å². The van der Waals surface area contributed by atoms with Crippen LogP contribution < -0.4 is 24.8 Å². The molecule has 7 rings (SSSR count). The SMILES string of the molecule is CCC1=Cc2c(-c3ccc(C)cc3)ccc(C)c2[CH]1[Zr+2]1([CH]2C(CC)=Cc3c(-c4ccc(C)cc4)ccc(C)c32)[CH2][CH2]1.[Cl-].[Cl-]. The summed E-state index contributed by atoms with van der Waals surface area (Å²) in [7, 11) is 0. The van der Waals surface area contributed by atoms with Crippen LogP contribution in [0.4, 0.5) is 0 Å². The van der Waals surface area contributed by atoms with Gasteiger partial charge in [0.1, 0.15) is 0 Å². The predicted molar refractivity (Wildman–Crippen MR) is 174 cm³/mol. The maximum absolute atomic E-state index is 2.74. The molecule has 220 valence electrons. The third-order valence-corrected chi connectivity index (χ3v) is 23.5. The third-order valence-electron chi connectivity index (χ3n) is 10.5. The Kier molecular flexibility index (Phi) is 9.23. The quantitative estimate of drug-likeness (QED) is 0.246. The maximum Gasteiger partial charge on any atom is -1.00 e. The molecule has 3 heteroatoms.